The highest BCUT2D eigenvalue weighted by Crippen LogP contribution is 2.20. The van der Waals surface area contributed by atoms with Crippen LogP contribution in [0.15, 0.2) is 48.5 Å². The minimum Gasteiger partial charge on any atom is -0.334 e. The summed E-state index contributed by atoms with van der Waals surface area (Å²) >= 11 is 1.19. The van der Waals surface area contributed by atoms with Crippen LogP contribution in [0.25, 0.3) is 17.1 Å². The van der Waals surface area contributed by atoms with Crippen LogP contribution in [0.5, 0.6) is 0 Å². The summed E-state index contributed by atoms with van der Waals surface area (Å²) in [6.45, 7) is 6.41. The highest BCUT2D eigenvalue weighted by molar-refractivity contribution is 7.00. The summed E-state index contributed by atoms with van der Waals surface area (Å²) in [5.41, 5.74) is 3.74. The Balaban J connectivity index is 1.39. The molecule has 7 heteroatoms. The van der Waals surface area contributed by atoms with Gasteiger partial charge in [0.1, 0.15) is 16.9 Å². The number of fused-ring (bicyclic) bond motifs is 1. The number of halogens is 1. The van der Waals surface area contributed by atoms with Crippen molar-refractivity contribution in [2.45, 2.75) is 32.5 Å². The molecule has 0 aliphatic carbocycles. The molecule has 29 heavy (non-hydrogen) atoms. The lowest BCUT2D eigenvalue weighted by Crippen LogP contribution is -2.57. The average molecular weight is 411 g/mol. The molecule has 0 bridgehead atoms. The van der Waals surface area contributed by atoms with E-state index in [1.165, 1.54) is 23.9 Å². The molecule has 0 N–H and O–H groups in total. The summed E-state index contributed by atoms with van der Waals surface area (Å²) in [6, 6.07) is 12.8. The molecule has 0 spiro atoms. The number of benzene rings is 2. The number of aromatic nitrogens is 2. The van der Waals surface area contributed by atoms with Crippen LogP contribution in [0.4, 0.5) is 4.39 Å². The molecule has 1 aromatic heterocycles. The molecule has 1 fully saturated rings. The van der Waals surface area contributed by atoms with Crippen LogP contribution in [-0.4, -0.2) is 49.6 Å². The maximum atomic E-state index is 13.1. The molecule has 0 unspecified atom stereocenters. The Morgan fingerprint density at radius 3 is 2.66 bits per heavy atom. The van der Waals surface area contributed by atoms with E-state index in [2.05, 4.69) is 27.5 Å². The van der Waals surface area contributed by atoms with Crippen molar-refractivity contribution < 1.29 is 9.18 Å². The number of rotatable bonds is 4. The molecule has 2 heterocycles. The third-order valence-corrected chi connectivity index (χ3v) is 5.95. The van der Waals surface area contributed by atoms with Gasteiger partial charge in [-0.3, -0.25) is 9.69 Å². The van der Waals surface area contributed by atoms with Gasteiger partial charge in [0.25, 0.3) is 0 Å². The summed E-state index contributed by atoms with van der Waals surface area (Å²) in [7, 11) is 0. The third-order valence-electron chi connectivity index (χ3n) is 5.39. The Bertz CT molecular complexity index is 1030. The lowest BCUT2D eigenvalue weighted by Gasteiger charge is -2.44. The lowest BCUT2D eigenvalue weighted by molar-refractivity contribution is -0.131. The molecule has 0 radical (unpaired) electrons. The molecule has 1 amide bonds. The minimum absolute atomic E-state index is 0.0160. The van der Waals surface area contributed by atoms with Crippen LogP contribution in [0.2, 0.25) is 0 Å². The maximum absolute atomic E-state index is 13.1. The first-order chi connectivity index (χ1) is 14.0. The molecule has 150 valence electrons. The van der Waals surface area contributed by atoms with Crippen molar-refractivity contribution in [3.8, 4) is 0 Å². The molecular weight excluding hydrogens is 387 g/mol. The van der Waals surface area contributed by atoms with E-state index in [0.29, 0.717) is 6.54 Å². The van der Waals surface area contributed by atoms with Crippen LogP contribution in [0.1, 0.15) is 25.0 Å². The number of carbonyl (C=O) groups excluding carboxylic acids is 1. The van der Waals surface area contributed by atoms with Crippen molar-refractivity contribution in [3.63, 3.8) is 0 Å². The molecular formula is C22H23FN4OS. The van der Waals surface area contributed by atoms with Crippen molar-refractivity contribution in [3.05, 3.63) is 65.5 Å². The van der Waals surface area contributed by atoms with Gasteiger partial charge in [-0.2, -0.15) is 8.75 Å². The molecule has 1 saturated heterocycles. The van der Waals surface area contributed by atoms with Crippen molar-refractivity contribution in [2.75, 3.05) is 13.1 Å². The smallest absolute Gasteiger partial charge is 0.246 e. The average Bonchev–Trinajstić information content (AvgIpc) is 3.18. The van der Waals surface area contributed by atoms with Crippen LogP contribution in [0.3, 0.4) is 0 Å². The van der Waals surface area contributed by atoms with Crippen LogP contribution < -0.4 is 0 Å². The van der Waals surface area contributed by atoms with Gasteiger partial charge in [0.15, 0.2) is 0 Å². The minimum atomic E-state index is -0.220. The van der Waals surface area contributed by atoms with E-state index in [1.54, 1.807) is 6.08 Å². The molecule has 1 aliphatic heterocycles. The van der Waals surface area contributed by atoms with Gasteiger partial charge in [-0.1, -0.05) is 18.2 Å². The van der Waals surface area contributed by atoms with Crippen molar-refractivity contribution >= 4 is 34.7 Å². The van der Waals surface area contributed by atoms with E-state index in [9.17, 15) is 9.18 Å². The second-order valence-electron chi connectivity index (χ2n) is 7.59. The number of carbonyl (C=O) groups is 1. The third kappa shape index (κ3) is 4.52. The number of hydrogen-bond acceptors (Lipinski definition) is 5. The van der Waals surface area contributed by atoms with Crippen LogP contribution in [0, 0.1) is 5.82 Å². The summed E-state index contributed by atoms with van der Waals surface area (Å²) < 4.78 is 21.6. The SMILES string of the molecule is C[C@@H]1CN(Cc2ccc(F)cc2)[C@@H](C)CN1C(=O)/C=C/c1ccc2nsnc2c1. The summed E-state index contributed by atoms with van der Waals surface area (Å²) in [4.78, 5) is 17.1. The summed E-state index contributed by atoms with van der Waals surface area (Å²) in [5.74, 6) is -0.204. The van der Waals surface area contributed by atoms with Crippen molar-refractivity contribution in [1.29, 1.82) is 0 Å². The fourth-order valence-corrected chi connectivity index (χ4v) is 4.23. The van der Waals surface area contributed by atoms with Gasteiger partial charge < -0.3 is 4.90 Å². The zero-order valence-electron chi connectivity index (χ0n) is 16.5. The number of piperazine rings is 1. The summed E-state index contributed by atoms with van der Waals surface area (Å²) in [5, 5.41) is 0. The zero-order valence-corrected chi connectivity index (χ0v) is 17.3. The first kappa shape index (κ1) is 19.7. The van der Waals surface area contributed by atoms with Gasteiger partial charge >= 0.3 is 0 Å². The predicted octanol–water partition coefficient (Wildman–Crippen LogP) is 3.97. The normalized spacial score (nSPS) is 20.6. The summed E-state index contributed by atoms with van der Waals surface area (Å²) in [6.07, 6.45) is 3.48. The quantitative estimate of drug-likeness (QED) is 0.611. The second-order valence-corrected chi connectivity index (χ2v) is 8.12. The number of amides is 1. The molecule has 2 aromatic carbocycles. The number of nitrogens with zero attached hydrogens (tertiary/aromatic N) is 4. The zero-order chi connectivity index (χ0) is 20.4. The number of hydrogen-bond donors (Lipinski definition) is 0. The van der Waals surface area contributed by atoms with Gasteiger partial charge in [-0.25, -0.2) is 4.39 Å². The Kier molecular flexibility index (Phi) is 5.69. The van der Waals surface area contributed by atoms with Gasteiger partial charge in [-0.05, 0) is 55.3 Å². The highest BCUT2D eigenvalue weighted by Gasteiger charge is 2.30. The van der Waals surface area contributed by atoms with Crippen LogP contribution in [-0.2, 0) is 11.3 Å². The standard InChI is InChI=1S/C22H23FN4OS/c1-15-13-27(16(2)12-26(15)14-18-3-7-19(23)8-4-18)22(28)10-6-17-5-9-20-21(11-17)25-29-24-20/h3-11,15-16H,12-14H2,1-2H3/b10-6+/t15-,16+/m0/s1. The fraction of sp³-hybridized carbons (Fsp3) is 0.318. The Labute approximate surface area is 173 Å². The Morgan fingerprint density at radius 2 is 1.86 bits per heavy atom. The van der Waals surface area contributed by atoms with Gasteiger partial charge in [0, 0.05) is 37.8 Å². The molecule has 2 atom stereocenters. The van der Waals surface area contributed by atoms with E-state index in [4.69, 9.17) is 0 Å². The highest BCUT2D eigenvalue weighted by atomic mass is 32.1. The lowest BCUT2D eigenvalue weighted by atomic mass is 10.1. The molecule has 1 aliphatic rings. The largest absolute Gasteiger partial charge is 0.334 e. The van der Waals surface area contributed by atoms with Gasteiger partial charge in [0.05, 0.1) is 11.7 Å². The van der Waals surface area contributed by atoms with E-state index in [1.807, 2.05) is 41.3 Å². The molecule has 5 nitrogen and oxygen atoms in total. The van der Waals surface area contributed by atoms with Crippen LogP contribution >= 0.6 is 11.7 Å². The first-order valence-electron chi connectivity index (χ1n) is 9.69. The maximum Gasteiger partial charge on any atom is 0.246 e. The Morgan fingerprint density at radius 1 is 1.10 bits per heavy atom. The van der Waals surface area contributed by atoms with E-state index in [0.717, 1.165) is 35.2 Å². The van der Waals surface area contributed by atoms with E-state index in [-0.39, 0.29) is 23.8 Å². The van der Waals surface area contributed by atoms with Gasteiger partial charge in [-0.15, -0.1) is 0 Å². The van der Waals surface area contributed by atoms with Crippen molar-refractivity contribution in [2.24, 2.45) is 0 Å². The monoisotopic (exact) mass is 410 g/mol. The molecule has 4 rings (SSSR count). The van der Waals surface area contributed by atoms with Crippen molar-refractivity contribution in [1.82, 2.24) is 18.5 Å². The fourth-order valence-electron chi connectivity index (χ4n) is 3.72. The topological polar surface area (TPSA) is 49.3 Å². The van der Waals surface area contributed by atoms with Gasteiger partial charge in [0.2, 0.25) is 5.91 Å². The molecule has 3 aromatic rings. The molecule has 0 saturated carbocycles. The predicted molar refractivity (Wildman–Crippen MR) is 114 cm³/mol. The Hall–Kier alpha value is -2.64. The van der Waals surface area contributed by atoms with E-state index < -0.39 is 0 Å². The van der Waals surface area contributed by atoms with E-state index >= 15 is 0 Å². The first-order valence-corrected chi connectivity index (χ1v) is 10.4. The second kappa shape index (κ2) is 8.39.